The zero-order valence-electron chi connectivity index (χ0n) is 8.21. The van der Waals surface area contributed by atoms with Crippen LogP contribution in [0.4, 0.5) is 0 Å². The number of aromatic amines is 1. The van der Waals surface area contributed by atoms with Gasteiger partial charge < -0.3 is 0 Å². The zero-order valence-corrected chi connectivity index (χ0v) is 11.1. The van der Waals surface area contributed by atoms with Crippen LogP contribution in [-0.4, -0.2) is 33.1 Å². The van der Waals surface area contributed by atoms with E-state index in [4.69, 9.17) is 0 Å². The Labute approximate surface area is 79.7 Å². The second-order valence-electron chi connectivity index (χ2n) is 3.98. The minimum atomic E-state index is -2.46. The van der Waals surface area contributed by atoms with Gasteiger partial charge in [0.05, 0.1) is 0 Å². The van der Waals surface area contributed by atoms with Crippen LogP contribution in [0, 0.1) is 0 Å². The summed E-state index contributed by atoms with van der Waals surface area (Å²) in [6.07, 6.45) is 0. The molecule has 0 spiro atoms. The second-order valence-corrected chi connectivity index (χ2v) is 18.2. The Kier molecular flexibility index (Phi) is 2.65. The molecule has 13 heavy (non-hydrogen) atoms. The molecule has 0 aliphatic heterocycles. The molecule has 0 atom stereocenters. The van der Waals surface area contributed by atoms with E-state index in [2.05, 4.69) is 24.9 Å². The SMILES string of the molecule is Cn1n[c]([Sn]([CH3])([CH3])[CH3])c(=O)[nH]c1=O. The standard InChI is InChI=1S/C4H4N3O2.3CH3.Sn/c1-7-4(9)6-3(8)2-5-7;;;;/h1H3,(H,6,8,9);3*1H3;. The van der Waals surface area contributed by atoms with Gasteiger partial charge in [-0.1, -0.05) is 0 Å². The molecule has 0 unspecified atom stereocenters. The van der Waals surface area contributed by atoms with E-state index >= 15 is 0 Å². The van der Waals surface area contributed by atoms with Crippen molar-refractivity contribution >= 4 is 22.1 Å². The van der Waals surface area contributed by atoms with Crippen LogP contribution in [0.2, 0.25) is 14.8 Å². The molecule has 0 aliphatic carbocycles. The molecule has 5 nitrogen and oxygen atoms in total. The molecule has 0 aromatic carbocycles. The van der Waals surface area contributed by atoms with E-state index in [0.717, 1.165) is 0 Å². The molecule has 0 bridgehead atoms. The number of aromatic nitrogens is 3. The Hall–Kier alpha value is -0.591. The molecule has 0 amide bonds. The van der Waals surface area contributed by atoms with Crippen molar-refractivity contribution in [3.63, 3.8) is 0 Å². The number of H-pyrrole nitrogens is 1. The number of rotatable bonds is 1. The summed E-state index contributed by atoms with van der Waals surface area (Å²) in [4.78, 5) is 30.8. The molecule has 0 aliphatic rings. The van der Waals surface area contributed by atoms with Gasteiger partial charge in [0.1, 0.15) is 0 Å². The molecule has 1 heterocycles. The first-order valence-corrected chi connectivity index (χ1v) is 14.0. The van der Waals surface area contributed by atoms with Crippen LogP contribution in [-0.2, 0) is 7.05 Å². The van der Waals surface area contributed by atoms with Crippen molar-refractivity contribution in [1.29, 1.82) is 0 Å². The summed E-state index contributed by atoms with van der Waals surface area (Å²) in [6.45, 7) is 0. The van der Waals surface area contributed by atoms with E-state index in [1.807, 2.05) is 0 Å². The van der Waals surface area contributed by atoms with Crippen molar-refractivity contribution in [2.45, 2.75) is 14.8 Å². The van der Waals surface area contributed by atoms with Crippen LogP contribution in [0.25, 0.3) is 0 Å². The van der Waals surface area contributed by atoms with Crippen LogP contribution in [0.1, 0.15) is 0 Å². The summed E-state index contributed by atoms with van der Waals surface area (Å²) >= 11 is -2.46. The topological polar surface area (TPSA) is 67.8 Å². The third-order valence-electron chi connectivity index (χ3n) is 1.69. The third-order valence-corrected chi connectivity index (χ3v) is 6.68. The van der Waals surface area contributed by atoms with Gasteiger partial charge in [-0.15, -0.1) is 0 Å². The fourth-order valence-electron chi connectivity index (χ4n) is 0.969. The number of hydrogen-bond acceptors (Lipinski definition) is 3. The first kappa shape index (κ1) is 10.5. The summed E-state index contributed by atoms with van der Waals surface area (Å²) in [7, 11) is 1.54. The van der Waals surface area contributed by atoms with Crippen LogP contribution in [0.15, 0.2) is 9.59 Å². The van der Waals surface area contributed by atoms with Crippen molar-refractivity contribution in [3.05, 3.63) is 20.8 Å². The predicted molar refractivity (Wildman–Crippen MR) is 53.1 cm³/mol. The van der Waals surface area contributed by atoms with Crippen molar-refractivity contribution in [2.24, 2.45) is 7.05 Å². The van der Waals surface area contributed by atoms with Gasteiger partial charge in [-0.25, -0.2) is 0 Å². The summed E-state index contributed by atoms with van der Waals surface area (Å²) < 4.78 is 1.76. The number of nitrogens with one attached hydrogen (secondary N) is 1. The Bertz CT molecular complexity index is 427. The number of aryl methyl sites for hydroxylation is 1. The molecule has 72 valence electrons. The summed E-state index contributed by atoms with van der Waals surface area (Å²) in [5.74, 6) is 0. The fraction of sp³-hybridized carbons (Fsp3) is 0.571. The van der Waals surface area contributed by atoms with Gasteiger partial charge in [0.25, 0.3) is 0 Å². The molecular formula is C7H13N3O2Sn. The summed E-state index contributed by atoms with van der Waals surface area (Å²) in [5, 5.41) is 4.00. The van der Waals surface area contributed by atoms with Crippen molar-refractivity contribution in [3.8, 4) is 0 Å². The normalized spacial score (nSPS) is 11.7. The molecular weight excluding hydrogens is 277 g/mol. The molecule has 1 aromatic rings. The van der Waals surface area contributed by atoms with E-state index in [0.29, 0.717) is 3.71 Å². The van der Waals surface area contributed by atoms with Gasteiger partial charge in [-0.2, -0.15) is 0 Å². The Morgan fingerprint density at radius 1 is 1.31 bits per heavy atom. The van der Waals surface area contributed by atoms with E-state index in [1.54, 1.807) is 7.05 Å². The van der Waals surface area contributed by atoms with Gasteiger partial charge in [-0.3, -0.25) is 0 Å². The molecule has 1 N–H and O–H groups in total. The van der Waals surface area contributed by atoms with Gasteiger partial charge in [0.15, 0.2) is 0 Å². The van der Waals surface area contributed by atoms with Crippen LogP contribution in [0.3, 0.4) is 0 Å². The summed E-state index contributed by atoms with van der Waals surface area (Å²) in [6, 6.07) is 0. The maximum atomic E-state index is 11.4. The molecule has 6 heteroatoms. The van der Waals surface area contributed by atoms with Gasteiger partial charge in [0, 0.05) is 0 Å². The Morgan fingerprint density at radius 2 is 1.85 bits per heavy atom. The first-order chi connectivity index (χ1) is 5.82. The number of hydrogen-bond donors (Lipinski definition) is 1. The van der Waals surface area contributed by atoms with Crippen molar-refractivity contribution in [2.75, 3.05) is 0 Å². The monoisotopic (exact) mass is 291 g/mol. The average Bonchev–Trinajstić information content (AvgIpc) is 1.94. The quantitative estimate of drug-likeness (QED) is 0.676. The van der Waals surface area contributed by atoms with Crippen LogP contribution < -0.4 is 15.0 Å². The van der Waals surface area contributed by atoms with E-state index in [9.17, 15) is 9.59 Å². The van der Waals surface area contributed by atoms with Crippen LogP contribution in [0.5, 0.6) is 0 Å². The Morgan fingerprint density at radius 3 is 2.31 bits per heavy atom. The van der Waals surface area contributed by atoms with Crippen LogP contribution >= 0.6 is 0 Å². The van der Waals surface area contributed by atoms with Gasteiger partial charge >= 0.3 is 79.6 Å². The molecule has 1 aromatic heterocycles. The second kappa shape index (κ2) is 3.28. The number of nitrogens with zero attached hydrogens (tertiary/aromatic N) is 2. The van der Waals surface area contributed by atoms with E-state index < -0.39 is 24.1 Å². The average molecular weight is 290 g/mol. The molecule has 1 rings (SSSR count). The maximum absolute atomic E-state index is 11.4. The third kappa shape index (κ3) is 2.20. The molecule has 0 saturated heterocycles. The zero-order chi connectivity index (χ0) is 10.2. The van der Waals surface area contributed by atoms with Gasteiger partial charge in [0.2, 0.25) is 0 Å². The summed E-state index contributed by atoms with van der Waals surface area (Å²) in [5.41, 5.74) is -0.768. The first-order valence-electron chi connectivity index (χ1n) is 4.00. The van der Waals surface area contributed by atoms with Gasteiger partial charge in [-0.05, 0) is 0 Å². The van der Waals surface area contributed by atoms with Crippen molar-refractivity contribution < 1.29 is 0 Å². The predicted octanol–water partition coefficient (Wildman–Crippen LogP) is -0.986. The molecule has 0 saturated carbocycles. The molecule has 0 fully saturated rings. The Balaban J connectivity index is 3.51. The minimum absolute atomic E-state index is 0.314. The van der Waals surface area contributed by atoms with E-state index in [1.165, 1.54) is 4.68 Å². The molecule has 0 radical (unpaired) electrons. The fourth-order valence-corrected chi connectivity index (χ4v) is 4.38. The van der Waals surface area contributed by atoms with E-state index in [-0.39, 0.29) is 5.56 Å². The van der Waals surface area contributed by atoms with Crippen molar-refractivity contribution in [1.82, 2.24) is 14.8 Å².